The topological polar surface area (TPSA) is 85.2 Å². The van der Waals surface area contributed by atoms with Crippen LogP contribution in [0.15, 0.2) is 104 Å². The maximum atomic E-state index is 13.3. The lowest BCUT2D eigenvalue weighted by molar-refractivity contribution is -0.146. The van der Waals surface area contributed by atoms with Gasteiger partial charge in [-0.3, -0.25) is 19.4 Å². The zero-order chi connectivity index (χ0) is 27.4. The van der Waals surface area contributed by atoms with Gasteiger partial charge in [-0.05, 0) is 23.0 Å². The Labute approximate surface area is 228 Å². The molecular weight excluding hydrogens is 512 g/mol. The summed E-state index contributed by atoms with van der Waals surface area (Å²) in [5.41, 5.74) is 0.798. The van der Waals surface area contributed by atoms with Gasteiger partial charge in [0, 0.05) is 6.08 Å². The van der Waals surface area contributed by atoms with Gasteiger partial charge in [0.1, 0.15) is 18.7 Å². The monoisotopic (exact) mass is 542 g/mol. The summed E-state index contributed by atoms with van der Waals surface area (Å²) in [6.07, 6.45) is 1.10. The standard InChI is InChI=1S/C30H30N2O6Si/c1-3-26(33)36-19-20-37-39(23-15-9-5-10-16-23,24-17-11-6-12-18-24)38-21-25(22-13-7-4-8-14-22)32-29(34)27-28(30(32)35)31(27)2/h3-18,25,27-28H,1,19-21H2,2H3. The number of esters is 1. The summed E-state index contributed by atoms with van der Waals surface area (Å²) in [5, 5.41) is 1.69. The Morgan fingerprint density at radius 2 is 1.36 bits per heavy atom. The van der Waals surface area contributed by atoms with Gasteiger partial charge >= 0.3 is 14.5 Å². The number of hydrogen-bond donors (Lipinski definition) is 0. The second-order valence-electron chi connectivity index (χ2n) is 9.41. The van der Waals surface area contributed by atoms with Gasteiger partial charge in [0.15, 0.2) is 0 Å². The van der Waals surface area contributed by atoms with E-state index in [9.17, 15) is 14.4 Å². The summed E-state index contributed by atoms with van der Waals surface area (Å²) in [7, 11) is -1.63. The lowest BCUT2D eigenvalue weighted by atomic mass is 10.1. The van der Waals surface area contributed by atoms with Crippen molar-refractivity contribution in [3.8, 4) is 0 Å². The average Bonchev–Trinajstić information content (AvgIpc) is 3.59. The van der Waals surface area contributed by atoms with Crippen LogP contribution in [0, 0.1) is 0 Å². The van der Waals surface area contributed by atoms with Crippen molar-refractivity contribution < 1.29 is 28.0 Å². The lowest BCUT2D eigenvalue weighted by Crippen LogP contribution is -2.64. The highest BCUT2D eigenvalue weighted by molar-refractivity contribution is 6.92. The largest absolute Gasteiger partial charge is 0.460 e. The Balaban J connectivity index is 1.50. The maximum absolute atomic E-state index is 13.3. The third kappa shape index (κ3) is 5.22. The fourth-order valence-electron chi connectivity index (χ4n) is 5.09. The third-order valence-electron chi connectivity index (χ3n) is 7.12. The Hall–Kier alpha value is -3.89. The number of likely N-dealkylation sites (N-methyl/N-ethyl adjacent to an activating group) is 1. The number of fused-ring (bicyclic) bond motifs is 1. The minimum atomic E-state index is -3.42. The number of hydrogen-bond acceptors (Lipinski definition) is 7. The van der Waals surface area contributed by atoms with Gasteiger partial charge in [-0.2, -0.15) is 0 Å². The molecule has 2 amide bonds. The predicted molar refractivity (Wildman–Crippen MR) is 147 cm³/mol. The molecular formula is C30H30N2O6Si. The molecule has 200 valence electrons. The first-order valence-corrected chi connectivity index (χ1v) is 14.6. The van der Waals surface area contributed by atoms with Gasteiger partial charge in [-0.1, -0.05) is 97.6 Å². The van der Waals surface area contributed by atoms with E-state index in [0.29, 0.717) is 0 Å². The van der Waals surface area contributed by atoms with Crippen molar-refractivity contribution in [1.82, 2.24) is 9.80 Å². The van der Waals surface area contributed by atoms with Crippen LogP contribution in [0.25, 0.3) is 0 Å². The van der Waals surface area contributed by atoms with Crippen LogP contribution in [0.5, 0.6) is 0 Å². The van der Waals surface area contributed by atoms with Gasteiger partial charge in [-0.15, -0.1) is 0 Å². The number of benzene rings is 3. The van der Waals surface area contributed by atoms with Crippen LogP contribution in [0.4, 0.5) is 0 Å². The first-order chi connectivity index (χ1) is 19.0. The van der Waals surface area contributed by atoms with Crippen LogP contribution in [0.3, 0.4) is 0 Å². The van der Waals surface area contributed by atoms with Crippen LogP contribution in [-0.4, -0.2) is 75.1 Å². The molecule has 0 radical (unpaired) electrons. The van der Waals surface area contributed by atoms with Crippen LogP contribution in [0.1, 0.15) is 11.6 Å². The Morgan fingerprint density at radius 3 is 1.87 bits per heavy atom. The van der Waals surface area contributed by atoms with Crippen molar-refractivity contribution in [1.29, 1.82) is 0 Å². The third-order valence-corrected chi connectivity index (χ3v) is 10.5. The minimum absolute atomic E-state index is 0.0174. The van der Waals surface area contributed by atoms with Crippen molar-refractivity contribution in [3.05, 3.63) is 109 Å². The number of piperazine rings is 1. The van der Waals surface area contributed by atoms with E-state index >= 15 is 0 Å². The Bertz CT molecular complexity index is 1280. The number of imide groups is 1. The molecule has 2 fully saturated rings. The molecule has 3 aromatic rings. The highest BCUT2D eigenvalue weighted by atomic mass is 28.4. The van der Waals surface area contributed by atoms with Crippen molar-refractivity contribution in [3.63, 3.8) is 0 Å². The molecule has 5 rings (SSSR count). The number of carbonyl (C=O) groups excluding carboxylic acids is 3. The summed E-state index contributed by atoms with van der Waals surface area (Å²) in [6.45, 7) is 3.57. The molecule has 9 heteroatoms. The molecule has 0 aromatic heterocycles. The number of carbonyl (C=O) groups is 3. The van der Waals surface area contributed by atoms with Gasteiger partial charge in [0.05, 0.1) is 19.3 Å². The molecule has 0 aliphatic carbocycles. The SMILES string of the molecule is C=CC(=O)OCCO[Si](OCC(c1ccccc1)N1C(=O)C2C(C1=O)N2C)(c1ccccc1)c1ccccc1. The molecule has 2 aliphatic rings. The second kappa shape index (κ2) is 11.5. The number of rotatable bonds is 12. The smallest absolute Gasteiger partial charge is 0.407 e. The first-order valence-electron chi connectivity index (χ1n) is 12.8. The zero-order valence-corrected chi connectivity index (χ0v) is 22.6. The van der Waals surface area contributed by atoms with Crippen LogP contribution >= 0.6 is 0 Å². The molecule has 0 bridgehead atoms. The minimum Gasteiger partial charge on any atom is -0.460 e. The van der Waals surface area contributed by atoms with Crippen molar-refractivity contribution in [2.75, 3.05) is 26.9 Å². The van der Waals surface area contributed by atoms with Crippen LogP contribution in [-0.2, 0) is 28.0 Å². The molecule has 2 heterocycles. The van der Waals surface area contributed by atoms with E-state index in [4.69, 9.17) is 13.6 Å². The second-order valence-corrected chi connectivity index (χ2v) is 12.4. The maximum Gasteiger partial charge on any atom is 0.407 e. The van der Waals surface area contributed by atoms with Crippen molar-refractivity contribution in [2.24, 2.45) is 0 Å². The van der Waals surface area contributed by atoms with E-state index in [1.807, 2.05) is 91.0 Å². The fraction of sp³-hybridized carbons (Fsp3) is 0.233. The van der Waals surface area contributed by atoms with Gasteiger partial charge in [-0.25, -0.2) is 4.79 Å². The van der Waals surface area contributed by atoms with Crippen molar-refractivity contribution >= 4 is 36.7 Å². The quantitative estimate of drug-likeness (QED) is 0.0862. The molecule has 2 saturated heterocycles. The summed E-state index contributed by atoms with van der Waals surface area (Å²) in [5.74, 6) is -0.965. The molecule has 0 spiro atoms. The zero-order valence-electron chi connectivity index (χ0n) is 21.6. The van der Waals surface area contributed by atoms with Crippen LogP contribution in [0.2, 0.25) is 0 Å². The Kier molecular flexibility index (Phi) is 7.85. The van der Waals surface area contributed by atoms with Gasteiger partial charge in [0.25, 0.3) is 0 Å². The summed E-state index contributed by atoms with van der Waals surface area (Å²) in [6, 6.07) is 27.2. The molecule has 0 N–H and O–H groups in total. The molecule has 3 aromatic carbocycles. The number of amides is 2. The number of nitrogens with zero attached hydrogens (tertiary/aromatic N) is 2. The lowest BCUT2D eigenvalue weighted by Gasteiger charge is -2.35. The molecule has 8 nitrogen and oxygen atoms in total. The van der Waals surface area contributed by atoms with Gasteiger partial charge < -0.3 is 13.6 Å². The van der Waals surface area contributed by atoms with E-state index in [2.05, 4.69) is 6.58 Å². The van der Waals surface area contributed by atoms with E-state index in [1.165, 1.54) is 4.90 Å². The number of ether oxygens (including phenoxy) is 1. The predicted octanol–water partition coefficient (Wildman–Crippen LogP) is 1.80. The van der Waals surface area contributed by atoms with E-state index in [1.54, 1.807) is 11.9 Å². The van der Waals surface area contributed by atoms with Crippen LogP contribution < -0.4 is 10.4 Å². The van der Waals surface area contributed by atoms with E-state index in [0.717, 1.165) is 22.0 Å². The average molecular weight is 543 g/mol. The summed E-state index contributed by atoms with van der Waals surface area (Å²) >= 11 is 0. The molecule has 0 saturated carbocycles. The molecule has 3 unspecified atom stereocenters. The number of likely N-dealkylation sites (tertiary alicyclic amines) is 1. The van der Waals surface area contributed by atoms with E-state index in [-0.39, 0.29) is 31.6 Å². The summed E-state index contributed by atoms with van der Waals surface area (Å²) < 4.78 is 18.6. The Morgan fingerprint density at radius 1 is 0.846 bits per heavy atom. The highest BCUT2D eigenvalue weighted by Crippen LogP contribution is 2.40. The normalized spacial score (nSPS) is 20.8. The molecule has 39 heavy (non-hydrogen) atoms. The first kappa shape index (κ1) is 26.7. The van der Waals surface area contributed by atoms with E-state index < -0.39 is 32.7 Å². The fourth-order valence-corrected chi connectivity index (χ4v) is 8.20. The summed E-state index contributed by atoms with van der Waals surface area (Å²) in [4.78, 5) is 41.3. The molecule has 2 aliphatic heterocycles. The van der Waals surface area contributed by atoms with Gasteiger partial charge in [0.2, 0.25) is 11.8 Å². The van der Waals surface area contributed by atoms with Crippen molar-refractivity contribution in [2.45, 2.75) is 18.1 Å². The highest BCUT2D eigenvalue weighted by Gasteiger charge is 2.65. The molecule has 3 atom stereocenters.